The van der Waals surface area contributed by atoms with Crippen LogP contribution in [0.4, 0.5) is 0 Å². The lowest BCUT2D eigenvalue weighted by Crippen LogP contribution is -2.25. The fraction of sp³-hybridized carbons (Fsp3) is 0.357. The number of hydrogen-bond acceptors (Lipinski definition) is 2. The van der Waals surface area contributed by atoms with Crippen molar-refractivity contribution in [3.63, 3.8) is 0 Å². The first-order chi connectivity index (χ1) is 7.93. The van der Waals surface area contributed by atoms with Crippen LogP contribution < -0.4 is 0 Å². The fourth-order valence-corrected chi connectivity index (χ4v) is 1.24. The minimum absolute atomic E-state index is 0.327. The van der Waals surface area contributed by atoms with Crippen LogP contribution in [0.25, 0.3) is 6.08 Å². The molecule has 0 aliphatic carbocycles. The standard InChI is InChI=1S/C14H17ClO2/c1-4-14(2,3)17-13(16)10-7-11-5-8-12(15)9-6-11/h5-10H,4H2,1-3H3/b10-7-. The van der Waals surface area contributed by atoms with E-state index in [1.54, 1.807) is 18.2 Å². The molecular weight excluding hydrogens is 236 g/mol. The van der Waals surface area contributed by atoms with Crippen LogP contribution in [0.5, 0.6) is 0 Å². The lowest BCUT2D eigenvalue weighted by atomic mass is 10.1. The highest BCUT2D eigenvalue weighted by Gasteiger charge is 2.18. The average Bonchev–Trinajstić information content (AvgIpc) is 2.28. The minimum atomic E-state index is -0.415. The lowest BCUT2D eigenvalue weighted by molar-refractivity contribution is -0.150. The van der Waals surface area contributed by atoms with Crippen molar-refractivity contribution in [3.05, 3.63) is 40.9 Å². The van der Waals surface area contributed by atoms with Gasteiger partial charge in [0.15, 0.2) is 0 Å². The molecular formula is C14H17ClO2. The number of benzene rings is 1. The number of ether oxygens (including phenoxy) is 1. The van der Waals surface area contributed by atoms with E-state index in [1.165, 1.54) is 6.08 Å². The topological polar surface area (TPSA) is 26.3 Å². The Bertz CT molecular complexity index is 405. The predicted octanol–water partition coefficient (Wildman–Crippen LogP) is 4.09. The van der Waals surface area contributed by atoms with E-state index in [9.17, 15) is 4.79 Å². The molecule has 0 atom stereocenters. The number of halogens is 1. The van der Waals surface area contributed by atoms with Crippen LogP contribution in [-0.2, 0) is 9.53 Å². The third-order valence-corrected chi connectivity index (χ3v) is 2.76. The summed E-state index contributed by atoms with van der Waals surface area (Å²) in [6, 6.07) is 7.25. The first-order valence-corrected chi connectivity index (χ1v) is 5.97. The van der Waals surface area contributed by atoms with Crippen molar-refractivity contribution in [2.45, 2.75) is 32.8 Å². The highest BCUT2D eigenvalue weighted by atomic mass is 35.5. The Labute approximate surface area is 107 Å². The molecule has 0 aliphatic rings. The van der Waals surface area contributed by atoms with E-state index in [1.807, 2.05) is 32.9 Å². The molecule has 0 N–H and O–H groups in total. The van der Waals surface area contributed by atoms with Gasteiger partial charge in [0.25, 0.3) is 0 Å². The van der Waals surface area contributed by atoms with E-state index < -0.39 is 5.60 Å². The zero-order chi connectivity index (χ0) is 12.9. The molecule has 0 fully saturated rings. The van der Waals surface area contributed by atoms with Crippen molar-refractivity contribution in [1.82, 2.24) is 0 Å². The number of rotatable bonds is 4. The SMILES string of the molecule is CCC(C)(C)OC(=O)/C=C\c1ccc(Cl)cc1. The third kappa shape index (κ3) is 5.05. The van der Waals surface area contributed by atoms with Crippen molar-refractivity contribution in [1.29, 1.82) is 0 Å². The van der Waals surface area contributed by atoms with Gasteiger partial charge < -0.3 is 4.74 Å². The molecule has 92 valence electrons. The highest BCUT2D eigenvalue weighted by Crippen LogP contribution is 2.15. The Morgan fingerprint density at radius 1 is 1.35 bits per heavy atom. The van der Waals surface area contributed by atoms with Crippen molar-refractivity contribution in [2.24, 2.45) is 0 Å². The first-order valence-electron chi connectivity index (χ1n) is 5.59. The Hall–Kier alpha value is -1.28. The zero-order valence-corrected chi connectivity index (χ0v) is 11.1. The zero-order valence-electron chi connectivity index (χ0n) is 10.4. The van der Waals surface area contributed by atoms with Crippen molar-refractivity contribution in [2.75, 3.05) is 0 Å². The molecule has 0 bridgehead atoms. The molecule has 0 amide bonds. The van der Waals surface area contributed by atoms with Gasteiger partial charge in [-0.2, -0.15) is 0 Å². The van der Waals surface area contributed by atoms with Crippen molar-refractivity contribution < 1.29 is 9.53 Å². The van der Waals surface area contributed by atoms with E-state index in [2.05, 4.69) is 0 Å². The molecule has 17 heavy (non-hydrogen) atoms. The highest BCUT2D eigenvalue weighted by molar-refractivity contribution is 6.30. The summed E-state index contributed by atoms with van der Waals surface area (Å²) < 4.78 is 5.28. The molecule has 0 saturated heterocycles. The first kappa shape index (κ1) is 13.8. The van der Waals surface area contributed by atoms with E-state index in [-0.39, 0.29) is 5.97 Å². The Morgan fingerprint density at radius 3 is 2.47 bits per heavy atom. The summed E-state index contributed by atoms with van der Waals surface area (Å²) in [5, 5.41) is 0.678. The van der Waals surface area contributed by atoms with Gasteiger partial charge in [-0.15, -0.1) is 0 Å². The molecule has 1 rings (SSSR count). The molecule has 0 radical (unpaired) electrons. The maximum Gasteiger partial charge on any atom is 0.331 e. The molecule has 2 nitrogen and oxygen atoms in total. The monoisotopic (exact) mass is 252 g/mol. The summed E-state index contributed by atoms with van der Waals surface area (Å²) >= 11 is 5.76. The largest absolute Gasteiger partial charge is 0.457 e. The maximum absolute atomic E-state index is 11.5. The Balaban J connectivity index is 2.60. The number of esters is 1. The number of hydrogen-bond donors (Lipinski definition) is 0. The summed E-state index contributed by atoms with van der Waals surface area (Å²) in [6.45, 7) is 5.76. The molecule has 0 unspecified atom stereocenters. The van der Waals surface area contributed by atoms with Gasteiger partial charge >= 0.3 is 5.97 Å². The van der Waals surface area contributed by atoms with Crippen LogP contribution in [0.15, 0.2) is 30.3 Å². The second-order valence-corrected chi connectivity index (χ2v) is 4.86. The van der Waals surface area contributed by atoms with E-state index in [0.717, 1.165) is 12.0 Å². The summed E-state index contributed by atoms with van der Waals surface area (Å²) in [6.07, 6.45) is 3.93. The maximum atomic E-state index is 11.5. The Morgan fingerprint density at radius 2 is 1.94 bits per heavy atom. The van der Waals surface area contributed by atoms with Gasteiger partial charge in [-0.1, -0.05) is 30.7 Å². The number of carbonyl (C=O) groups excluding carboxylic acids is 1. The molecule has 0 aromatic heterocycles. The van der Waals surface area contributed by atoms with Crippen molar-refractivity contribution in [3.8, 4) is 0 Å². The normalized spacial score (nSPS) is 11.8. The smallest absolute Gasteiger partial charge is 0.331 e. The molecule has 0 saturated carbocycles. The van der Waals surface area contributed by atoms with E-state index >= 15 is 0 Å². The quantitative estimate of drug-likeness (QED) is 0.596. The van der Waals surface area contributed by atoms with Gasteiger partial charge in [0, 0.05) is 11.1 Å². The third-order valence-electron chi connectivity index (χ3n) is 2.51. The summed E-state index contributed by atoms with van der Waals surface area (Å²) in [7, 11) is 0. The summed E-state index contributed by atoms with van der Waals surface area (Å²) in [5.41, 5.74) is 0.502. The van der Waals surface area contributed by atoms with Crippen LogP contribution >= 0.6 is 11.6 Å². The van der Waals surface area contributed by atoms with Gasteiger partial charge in [-0.3, -0.25) is 0 Å². The molecule has 1 aromatic carbocycles. The van der Waals surface area contributed by atoms with Crippen LogP contribution in [0.2, 0.25) is 5.02 Å². The van der Waals surface area contributed by atoms with Gasteiger partial charge in [0.05, 0.1) is 0 Å². The van der Waals surface area contributed by atoms with Crippen LogP contribution in [-0.4, -0.2) is 11.6 Å². The van der Waals surface area contributed by atoms with Crippen molar-refractivity contribution >= 4 is 23.6 Å². The van der Waals surface area contributed by atoms with Gasteiger partial charge in [-0.25, -0.2) is 4.79 Å². The van der Waals surface area contributed by atoms with Crippen LogP contribution in [0, 0.1) is 0 Å². The fourth-order valence-electron chi connectivity index (χ4n) is 1.12. The second-order valence-electron chi connectivity index (χ2n) is 4.42. The van der Waals surface area contributed by atoms with Crippen LogP contribution in [0.1, 0.15) is 32.8 Å². The van der Waals surface area contributed by atoms with E-state index in [4.69, 9.17) is 16.3 Å². The Kier molecular flexibility index (Phi) is 4.76. The van der Waals surface area contributed by atoms with E-state index in [0.29, 0.717) is 5.02 Å². The summed E-state index contributed by atoms with van der Waals surface area (Å²) in [4.78, 5) is 11.5. The minimum Gasteiger partial charge on any atom is -0.457 e. The van der Waals surface area contributed by atoms with Gasteiger partial charge in [0.1, 0.15) is 5.60 Å². The molecule has 1 aromatic rings. The second kappa shape index (κ2) is 5.87. The molecule has 0 spiro atoms. The van der Waals surface area contributed by atoms with Gasteiger partial charge in [-0.05, 0) is 44.0 Å². The molecule has 0 heterocycles. The molecule has 3 heteroatoms. The summed E-state index contributed by atoms with van der Waals surface area (Å²) in [5.74, 6) is -0.327. The molecule has 0 aliphatic heterocycles. The van der Waals surface area contributed by atoms with Crippen LogP contribution in [0.3, 0.4) is 0 Å². The average molecular weight is 253 g/mol. The lowest BCUT2D eigenvalue weighted by Gasteiger charge is -2.22. The number of carbonyl (C=O) groups is 1. The van der Waals surface area contributed by atoms with Gasteiger partial charge in [0.2, 0.25) is 0 Å². The predicted molar refractivity (Wildman–Crippen MR) is 70.9 cm³/mol.